The summed E-state index contributed by atoms with van der Waals surface area (Å²) in [4.78, 5) is 12.7. The van der Waals surface area contributed by atoms with Crippen molar-refractivity contribution in [3.05, 3.63) is 54.1 Å². The lowest BCUT2D eigenvalue weighted by atomic mass is 10.0. The Kier molecular flexibility index (Phi) is 9.76. The van der Waals surface area contributed by atoms with Gasteiger partial charge >= 0.3 is 0 Å². The maximum Gasteiger partial charge on any atom is 0.243 e. The number of aliphatic hydroxyl groups is 1. The van der Waals surface area contributed by atoms with E-state index in [4.69, 9.17) is 15.2 Å². The second-order valence-electron chi connectivity index (χ2n) is 9.80. The quantitative estimate of drug-likeness (QED) is 0.312. The van der Waals surface area contributed by atoms with E-state index in [0.717, 1.165) is 11.8 Å². The zero-order chi connectivity index (χ0) is 28.1. The van der Waals surface area contributed by atoms with Gasteiger partial charge in [-0.25, -0.2) is 16.8 Å². The van der Waals surface area contributed by atoms with Crippen molar-refractivity contribution in [1.29, 1.82) is 0 Å². The number of hydrogen-bond donors (Lipinski definition) is 3. The monoisotopic (exact) mass is 569 g/mol. The van der Waals surface area contributed by atoms with Crippen molar-refractivity contribution in [2.75, 3.05) is 31.9 Å². The highest BCUT2D eigenvalue weighted by molar-refractivity contribution is 7.90. The Labute approximate surface area is 223 Å². The first-order chi connectivity index (χ1) is 17.8. The standard InChI is InChI=1S/C25H35N3O8S2/c1-17(2)13-28(38(33,34)19-9-10-23-24(12-19)36-16-35-23)14-22(29)21(11-18-7-5-4-6-8-18)27-25(30)20(26)15-37(3,31)32/h4-10,12,17,20-22,29H,11,13-16,26H2,1-3H3,(H,27,30). The number of ether oxygens (including phenoxy) is 2. The summed E-state index contributed by atoms with van der Waals surface area (Å²) in [6.45, 7) is 3.47. The topological polar surface area (TPSA) is 165 Å². The molecule has 0 aliphatic carbocycles. The zero-order valence-electron chi connectivity index (χ0n) is 21.6. The molecule has 1 aliphatic rings. The van der Waals surface area contributed by atoms with E-state index in [1.165, 1.54) is 22.5 Å². The average molecular weight is 570 g/mol. The molecule has 3 rings (SSSR count). The fourth-order valence-electron chi connectivity index (χ4n) is 4.04. The smallest absolute Gasteiger partial charge is 0.243 e. The molecule has 0 aromatic heterocycles. The molecule has 0 fully saturated rings. The number of sulfonamides is 1. The van der Waals surface area contributed by atoms with Crippen molar-refractivity contribution in [1.82, 2.24) is 9.62 Å². The number of amides is 1. The van der Waals surface area contributed by atoms with E-state index in [1.54, 1.807) is 24.3 Å². The predicted octanol–water partition coefficient (Wildman–Crippen LogP) is 0.522. The van der Waals surface area contributed by atoms with Gasteiger partial charge in [0.2, 0.25) is 22.7 Å². The summed E-state index contributed by atoms with van der Waals surface area (Å²) in [5, 5.41) is 13.9. The Bertz CT molecular complexity index is 1320. The number of aliphatic hydroxyl groups excluding tert-OH is 1. The second-order valence-corrected chi connectivity index (χ2v) is 13.9. The largest absolute Gasteiger partial charge is 0.454 e. The molecule has 1 amide bonds. The van der Waals surface area contributed by atoms with E-state index in [1.807, 2.05) is 19.9 Å². The third kappa shape index (κ3) is 8.14. The second kappa shape index (κ2) is 12.4. The molecule has 38 heavy (non-hydrogen) atoms. The molecule has 0 radical (unpaired) electrons. The van der Waals surface area contributed by atoms with Crippen molar-refractivity contribution in [2.45, 2.75) is 43.4 Å². The van der Waals surface area contributed by atoms with Gasteiger partial charge in [-0.15, -0.1) is 0 Å². The number of rotatable bonds is 13. The molecule has 13 heteroatoms. The average Bonchev–Trinajstić information content (AvgIpc) is 3.30. The van der Waals surface area contributed by atoms with Gasteiger partial charge in [-0.05, 0) is 30.0 Å². The van der Waals surface area contributed by atoms with Crippen molar-refractivity contribution >= 4 is 25.8 Å². The Morgan fingerprint density at radius 1 is 1.05 bits per heavy atom. The first kappa shape index (κ1) is 29.8. The number of hydrogen-bond acceptors (Lipinski definition) is 9. The third-order valence-electron chi connectivity index (χ3n) is 5.85. The number of nitrogens with zero attached hydrogens (tertiary/aromatic N) is 1. The van der Waals surface area contributed by atoms with Gasteiger partial charge < -0.3 is 25.6 Å². The van der Waals surface area contributed by atoms with Crippen molar-refractivity contribution in [3.63, 3.8) is 0 Å². The number of carbonyl (C=O) groups is 1. The van der Waals surface area contributed by atoms with Crippen LogP contribution in [0.5, 0.6) is 11.5 Å². The van der Waals surface area contributed by atoms with E-state index in [2.05, 4.69) is 5.32 Å². The molecule has 2 aromatic rings. The molecule has 0 saturated carbocycles. The van der Waals surface area contributed by atoms with E-state index in [0.29, 0.717) is 11.5 Å². The number of carbonyl (C=O) groups excluding carboxylic acids is 1. The summed E-state index contributed by atoms with van der Waals surface area (Å²) in [6, 6.07) is 11.0. The van der Waals surface area contributed by atoms with E-state index in [9.17, 15) is 26.7 Å². The van der Waals surface area contributed by atoms with Crippen LogP contribution in [0.15, 0.2) is 53.4 Å². The summed E-state index contributed by atoms with van der Waals surface area (Å²) in [6.07, 6.45) is -0.202. The van der Waals surface area contributed by atoms with Crippen LogP contribution in [0.2, 0.25) is 0 Å². The molecule has 1 aliphatic heterocycles. The minimum atomic E-state index is -4.07. The lowest BCUT2D eigenvalue weighted by molar-refractivity contribution is -0.123. The van der Waals surface area contributed by atoms with Crippen LogP contribution in [-0.2, 0) is 31.1 Å². The van der Waals surface area contributed by atoms with Gasteiger partial charge in [-0.2, -0.15) is 4.31 Å². The maximum absolute atomic E-state index is 13.6. The van der Waals surface area contributed by atoms with Gasteiger partial charge in [-0.1, -0.05) is 44.2 Å². The summed E-state index contributed by atoms with van der Waals surface area (Å²) in [7, 11) is -7.59. The highest BCUT2D eigenvalue weighted by Gasteiger charge is 2.33. The number of sulfone groups is 1. The Morgan fingerprint density at radius 3 is 2.34 bits per heavy atom. The van der Waals surface area contributed by atoms with Crippen molar-refractivity contribution in [3.8, 4) is 11.5 Å². The van der Waals surface area contributed by atoms with Gasteiger partial charge in [-0.3, -0.25) is 4.79 Å². The normalized spacial score (nSPS) is 15.9. The molecule has 1 heterocycles. The molecular weight excluding hydrogens is 534 g/mol. The molecule has 0 spiro atoms. The molecule has 3 atom stereocenters. The van der Waals surface area contributed by atoms with Crippen LogP contribution in [0.4, 0.5) is 0 Å². The molecule has 2 aromatic carbocycles. The van der Waals surface area contributed by atoms with Crippen LogP contribution < -0.4 is 20.5 Å². The number of benzene rings is 2. The van der Waals surface area contributed by atoms with Gasteiger partial charge in [0.15, 0.2) is 11.5 Å². The molecular formula is C25H35N3O8S2. The summed E-state index contributed by atoms with van der Waals surface area (Å²) < 4.78 is 62.2. The predicted molar refractivity (Wildman–Crippen MR) is 142 cm³/mol. The summed E-state index contributed by atoms with van der Waals surface area (Å²) >= 11 is 0. The molecule has 0 saturated heterocycles. The highest BCUT2D eigenvalue weighted by atomic mass is 32.2. The maximum atomic E-state index is 13.6. The van der Waals surface area contributed by atoms with Crippen molar-refractivity contribution in [2.24, 2.45) is 11.7 Å². The number of nitrogens with one attached hydrogen (secondary N) is 1. The minimum Gasteiger partial charge on any atom is -0.454 e. The fraction of sp³-hybridized carbons (Fsp3) is 0.480. The number of nitrogens with two attached hydrogens (primary N) is 1. The third-order valence-corrected chi connectivity index (χ3v) is 8.64. The van der Waals surface area contributed by atoms with E-state index in [-0.39, 0.29) is 37.1 Å². The summed E-state index contributed by atoms with van der Waals surface area (Å²) in [5.74, 6) is -0.647. The molecule has 11 nitrogen and oxygen atoms in total. The van der Waals surface area contributed by atoms with Crippen LogP contribution in [-0.4, -0.2) is 82.2 Å². The minimum absolute atomic E-state index is 0.00438. The molecule has 4 N–H and O–H groups in total. The van der Waals surface area contributed by atoms with Crippen LogP contribution in [0, 0.1) is 5.92 Å². The molecule has 3 unspecified atom stereocenters. The number of fused-ring (bicyclic) bond motifs is 1. The van der Waals surface area contributed by atoms with E-state index < -0.39 is 49.7 Å². The van der Waals surface area contributed by atoms with E-state index >= 15 is 0 Å². The first-order valence-electron chi connectivity index (χ1n) is 12.1. The lowest BCUT2D eigenvalue weighted by Gasteiger charge is -2.31. The Morgan fingerprint density at radius 2 is 1.71 bits per heavy atom. The zero-order valence-corrected chi connectivity index (χ0v) is 23.2. The van der Waals surface area contributed by atoms with Crippen LogP contribution >= 0.6 is 0 Å². The SMILES string of the molecule is CC(C)CN(CC(O)C(Cc1ccccc1)NC(=O)C(N)CS(C)(=O)=O)S(=O)(=O)c1ccc2c(c1)OCO2. The molecule has 0 bridgehead atoms. The van der Waals surface area contributed by atoms with Crippen LogP contribution in [0.25, 0.3) is 0 Å². The van der Waals surface area contributed by atoms with Crippen LogP contribution in [0.1, 0.15) is 19.4 Å². The van der Waals surface area contributed by atoms with Gasteiger partial charge in [0.1, 0.15) is 9.84 Å². The fourth-order valence-corrected chi connectivity index (χ4v) is 6.48. The Balaban J connectivity index is 1.86. The van der Waals surface area contributed by atoms with Crippen molar-refractivity contribution < 1.29 is 36.2 Å². The van der Waals surface area contributed by atoms with Gasteiger partial charge in [0, 0.05) is 25.4 Å². The van der Waals surface area contributed by atoms with Gasteiger partial charge in [0.05, 0.1) is 28.8 Å². The first-order valence-corrected chi connectivity index (χ1v) is 15.6. The lowest BCUT2D eigenvalue weighted by Crippen LogP contribution is -2.55. The van der Waals surface area contributed by atoms with Gasteiger partial charge in [0.25, 0.3) is 0 Å². The Hall–Kier alpha value is -2.71. The van der Waals surface area contributed by atoms with Crippen LogP contribution in [0.3, 0.4) is 0 Å². The molecule has 210 valence electrons. The highest BCUT2D eigenvalue weighted by Crippen LogP contribution is 2.34. The summed E-state index contributed by atoms with van der Waals surface area (Å²) in [5.41, 5.74) is 6.58.